The number of halogens is 1. The number of urea groups is 1. The summed E-state index contributed by atoms with van der Waals surface area (Å²) in [6.45, 7) is 2.10. The van der Waals surface area contributed by atoms with Crippen LogP contribution in [-0.4, -0.2) is 36.1 Å². The van der Waals surface area contributed by atoms with Crippen molar-refractivity contribution in [1.82, 2.24) is 15.5 Å². The van der Waals surface area contributed by atoms with Gasteiger partial charge in [0.15, 0.2) is 0 Å². The van der Waals surface area contributed by atoms with Crippen LogP contribution in [0.15, 0.2) is 36.4 Å². The van der Waals surface area contributed by atoms with E-state index in [0.29, 0.717) is 11.6 Å². The first kappa shape index (κ1) is 16.3. The highest BCUT2D eigenvalue weighted by Gasteiger charge is 2.37. The Morgan fingerprint density at radius 1 is 1.16 bits per heavy atom. The number of benzene rings is 2. The van der Waals surface area contributed by atoms with Gasteiger partial charge in [0.25, 0.3) is 0 Å². The normalized spacial score (nSPS) is 20.4. The molecule has 4 rings (SSSR count). The van der Waals surface area contributed by atoms with Crippen molar-refractivity contribution in [2.24, 2.45) is 0 Å². The van der Waals surface area contributed by atoms with Gasteiger partial charge in [-0.15, -0.1) is 0 Å². The van der Waals surface area contributed by atoms with Crippen molar-refractivity contribution < 1.29 is 9.18 Å². The van der Waals surface area contributed by atoms with E-state index in [-0.39, 0.29) is 24.4 Å². The van der Waals surface area contributed by atoms with Crippen LogP contribution in [0.3, 0.4) is 0 Å². The van der Waals surface area contributed by atoms with Gasteiger partial charge < -0.3 is 15.5 Å². The molecule has 5 heteroatoms. The summed E-state index contributed by atoms with van der Waals surface area (Å²) in [4.78, 5) is 14.7. The third-order valence-electron chi connectivity index (χ3n) is 5.18. The number of nitrogens with zero attached hydrogens (tertiary/aromatic N) is 1. The monoisotopic (exact) mass is 341 g/mol. The lowest BCUT2D eigenvalue weighted by atomic mass is 10.1. The molecule has 25 heavy (non-hydrogen) atoms. The van der Waals surface area contributed by atoms with Crippen molar-refractivity contribution in [2.75, 3.05) is 13.1 Å². The highest BCUT2D eigenvalue weighted by atomic mass is 19.1. The van der Waals surface area contributed by atoms with E-state index in [1.54, 1.807) is 6.07 Å². The van der Waals surface area contributed by atoms with Crippen LogP contribution in [0, 0.1) is 5.82 Å². The fourth-order valence-corrected chi connectivity index (χ4v) is 3.71. The summed E-state index contributed by atoms with van der Waals surface area (Å²) in [5.41, 5.74) is 0.532. The van der Waals surface area contributed by atoms with E-state index in [4.69, 9.17) is 0 Å². The Bertz CT molecular complexity index is 769. The predicted octanol–water partition coefficient (Wildman–Crippen LogP) is 3.40. The molecular weight excluding hydrogens is 317 g/mol. The Morgan fingerprint density at radius 3 is 2.60 bits per heavy atom. The number of piperidine rings is 1. The SMILES string of the molecule is O=C(NCc1cc2ccccc2cc1F)N(C1CC1)C1CCCNC1. The van der Waals surface area contributed by atoms with Gasteiger partial charge in [0.05, 0.1) is 0 Å². The molecule has 2 aliphatic rings. The van der Waals surface area contributed by atoms with Gasteiger partial charge >= 0.3 is 6.03 Å². The van der Waals surface area contributed by atoms with Crippen LogP contribution >= 0.6 is 0 Å². The predicted molar refractivity (Wildman–Crippen MR) is 96.9 cm³/mol. The molecule has 2 N–H and O–H groups in total. The van der Waals surface area contributed by atoms with Crippen LogP contribution in [0.4, 0.5) is 9.18 Å². The minimum Gasteiger partial charge on any atom is -0.334 e. The minimum absolute atomic E-state index is 0.0660. The third kappa shape index (κ3) is 3.61. The van der Waals surface area contributed by atoms with E-state index < -0.39 is 0 Å². The molecule has 1 heterocycles. The number of rotatable bonds is 4. The largest absolute Gasteiger partial charge is 0.334 e. The third-order valence-corrected chi connectivity index (χ3v) is 5.18. The van der Waals surface area contributed by atoms with Gasteiger partial charge in [0.1, 0.15) is 5.82 Å². The number of amides is 2. The number of hydrogen-bond acceptors (Lipinski definition) is 2. The summed E-state index contributed by atoms with van der Waals surface area (Å²) in [5, 5.41) is 8.18. The Kier molecular flexibility index (Phi) is 4.57. The maximum absolute atomic E-state index is 14.3. The maximum Gasteiger partial charge on any atom is 0.318 e. The van der Waals surface area contributed by atoms with Gasteiger partial charge in [0.2, 0.25) is 0 Å². The summed E-state index contributed by atoms with van der Waals surface area (Å²) < 4.78 is 14.3. The molecule has 2 amide bonds. The fraction of sp³-hybridized carbons (Fsp3) is 0.450. The number of nitrogens with one attached hydrogen (secondary N) is 2. The average Bonchev–Trinajstić information content (AvgIpc) is 3.46. The Labute approximate surface area is 147 Å². The minimum atomic E-state index is -0.267. The topological polar surface area (TPSA) is 44.4 Å². The van der Waals surface area contributed by atoms with Crippen LogP contribution in [0.2, 0.25) is 0 Å². The number of carbonyl (C=O) groups is 1. The number of hydrogen-bond donors (Lipinski definition) is 2. The Balaban J connectivity index is 1.46. The van der Waals surface area contributed by atoms with Crippen molar-refractivity contribution in [1.29, 1.82) is 0 Å². The van der Waals surface area contributed by atoms with Gasteiger partial charge in [-0.3, -0.25) is 0 Å². The second-order valence-electron chi connectivity index (χ2n) is 7.09. The standard InChI is InChI=1S/C20H24FN3O/c21-19-11-15-5-2-1-4-14(15)10-16(19)12-23-20(25)24(17-7-8-17)18-6-3-9-22-13-18/h1-2,4-5,10-11,17-18,22H,3,6-9,12-13H2,(H,23,25). The highest BCUT2D eigenvalue weighted by molar-refractivity contribution is 5.83. The van der Waals surface area contributed by atoms with E-state index in [0.717, 1.165) is 49.5 Å². The maximum atomic E-state index is 14.3. The summed E-state index contributed by atoms with van der Waals surface area (Å²) in [7, 11) is 0. The molecule has 1 saturated heterocycles. The molecule has 0 bridgehead atoms. The van der Waals surface area contributed by atoms with E-state index in [9.17, 15) is 9.18 Å². The molecule has 2 fully saturated rings. The van der Waals surface area contributed by atoms with Crippen LogP contribution in [-0.2, 0) is 6.54 Å². The molecule has 1 unspecified atom stereocenters. The summed E-state index contributed by atoms with van der Waals surface area (Å²) in [5.74, 6) is -0.267. The van der Waals surface area contributed by atoms with E-state index >= 15 is 0 Å². The summed E-state index contributed by atoms with van der Waals surface area (Å²) >= 11 is 0. The molecule has 1 atom stereocenters. The smallest absolute Gasteiger partial charge is 0.318 e. The summed E-state index contributed by atoms with van der Waals surface area (Å²) in [6.07, 6.45) is 4.30. The fourth-order valence-electron chi connectivity index (χ4n) is 3.71. The lowest BCUT2D eigenvalue weighted by molar-refractivity contribution is 0.155. The van der Waals surface area contributed by atoms with Crippen LogP contribution in [0.25, 0.3) is 10.8 Å². The molecule has 1 saturated carbocycles. The van der Waals surface area contributed by atoms with E-state index in [2.05, 4.69) is 10.6 Å². The van der Waals surface area contributed by atoms with Gasteiger partial charge in [-0.25, -0.2) is 9.18 Å². The quantitative estimate of drug-likeness (QED) is 0.895. The molecule has 1 aliphatic carbocycles. The van der Waals surface area contributed by atoms with Gasteiger partial charge in [-0.2, -0.15) is 0 Å². The molecular formula is C20H24FN3O. The average molecular weight is 341 g/mol. The first-order chi connectivity index (χ1) is 12.2. The summed E-state index contributed by atoms with van der Waals surface area (Å²) in [6, 6.07) is 11.6. The molecule has 2 aromatic rings. The number of carbonyl (C=O) groups excluding carboxylic acids is 1. The zero-order valence-electron chi connectivity index (χ0n) is 14.3. The lowest BCUT2D eigenvalue weighted by Crippen LogP contribution is -2.52. The second kappa shape index (κ2) is 7.00. The van der Waals surface area contributed by atoms with Crippen LogP contribution < -0.4 is 10.6 Å². The van der Waals surface area contributed by atoms with Gasteiger partial charge in [-0.1, -0.05) is 24.3 Å². The zero-order valence-corrected chi connectivity index (χ0v) is 14.3. The van der Waals surface area contributed by atoms with Crippen LogP contribution in [0.5, 0.6) is 0 Å². The van der Waals surface area contributed by atoms with Crippen molar-refractivity contribution in [2.45, 2.75) is 44.3 Å². The molecule has 4 nitrogen and oxygen atoms in total. The van der Waals surface area contributed by atoms with Crippen molar-refractivity contribution in [3.8, 4) is 0 Å². The molecule has 1 aliphatic heterocycles. The van der Waals surface area contributed by atoms with Crippen LogP contribution in [0.1, 0.15) is 31.2 Å². The number of fused-ring (bicyclic) bond motifs is 1. The first-order valence-corrected chi connectivity index (χ1v) is 9.16. The molecule has 0 radical (unpaired) electrons. The van der Waals surface area contributed by atoms with Crippen molar-refractivity contribution in [3.63, 3.8) is 0 Å². The Morgan fingerprint density at radius 2 is 1.92 bits per heavy atom. The van der Waals surface area contributed by atoms with Crippen molar-refractivity contribution >= 4 is 16.8 Å². The van der Waals surface area contributed by atoms with E-state index in [1.165, 1.54) is 0 Å². The highest BCUT2D eigenvalue weighted by Crippen LogP contribution is 2.30. The van der Waals surface area contributed by atoms with Crippen molar-refractivity contribution in [3.05, 3.63) is 47.8 Å². The molecule has 0 spiro atoms. The Hall–Kier alpha value is -2.14. The molecule has 132 valence electrons. The van der Waals surface area contributed by atoms with Gasteiger partial charge in [-0.05, 0) is 55.1 Å². The zero-order chi connectivity index (χ0) is 17.2. The second-order valence-corrected chi connectivity index (χ2v) is 7.09. The van der Waals surface area contributed by atoms with E-state index in [1.807, 2.05) is 35.2 Å². The lowest BCUT2D eigenvalue weighted by Gasteiger charge is -2.35. The first-order valence-electron chi connectivity index (χ1n) is 9.16. The van der Waals surface area contributed by atoms with Gasteiger partial charge in [0, 0.05) is 30.7 Å². The molecule has 2 aromatic carbocycles. The molecule has 0 aromatic heterocycles.